The molecule has 4 nitrogen and oxygen atoms in total. The van der Waals surface area contributed by atoms with Crippen LogP contribution in [0.5, 0.6) is 0 Å². The molecule has 1 amide bonds. The molecule has 2 aliphatic heterocycles. The van der Waals surface area contributed by atoms with Gasteiger partial charge < -0.3 is 9.80 Å². The van der Waals surface area contributed by atoms with Crippen molar-refractivity contribution in [2.45, 2.75) is 25.3 Å². The van der Waals surface area contributed by atoms with E-state index in [2.05, 4.69) is 10.2 Å². The molecule has 0 spiro atoms. The number of nitrogens with zero attached hydrogens (tertiary/aromatic N) is 2. The number of likely N-dealkylation sites (tertiary alicyclic amines) is 1. The second kappa shape index (κ2) is 8.59. The van der Waals surface area contributed by atoms with E-state index in [1.54, 1.807) is 12.1 Å². The highest BCUT2D eigenvalue weighted by Crippen LogP contribution is 2.19. The maximum Gasteiger partial charge on any atom is 0.243 e. The van der Waals surface area contributed by atoms with Gasteiger partial charge >= 0.3 is 0 Å². The van der Waals surface area contributed by atoms with Crippen molar-refractivity contribution in [1.29, 1.82) is 0 Å². The van der Waals surface area contributed by atoms with Crippen LogP contribution in [0.15, 0.2) is 36.4 Å². The Balaban J connectivity index is 1.38. The number of rotatable bonds is 6. The van der Waals surface area contributed by atoms with Crippen LogP contribution in [0.4, 0.5) is 4.39 Å². The summed E-state index contributed by atoms with van der Waals surface area (Å²) in [6.07, 6.45) is 7.09. The minimum absolute atomic E-state index is 0.142. The largest absolute Gasteiger partial charge is 0.344 e. The lowest BCUT2D eigenvalue weighted by Gasteiger charge is -2.34. The molecule has 3 rings (SSSR count). The number of carbonyl (C=O) groups excluding carboxylic acids is 1. The normalized spacial score (nSPS) is 21.6. The molecule has 0 saturated carbocycles. The smallest absolute Gasteiger partial charge is 0.243 e. The van der Waals surface area contributed by atoms with Gasteiger partial charge in [0.2, 0.25) is 5.91 Å². The van der Waals surface area contributed by atoms with Gasteiger partial charge in [-0.15, -0.1) is 0 Å². The predicted octanol–water partition coefficient (Wildman–Crippen LogP) is 2.07. The Labute approximate surface area is 149 Å². The van der Waals surface area contributed by atoms with E-state index in [0.29, 0.717) is 5.92 Å². The third-order valence-electron chi connectivity index (χ3n) is 5.27. The summed E-state index contributed by atoms with van der Waals surface area (Å²) in [5, 5.41) is 3.18. The van der Waals surface area contributed by atoms with Crippen molar-refractivity contribution in [3.63, 3.8) is 0 Å². The van der Waals surface area contributed by atoms with Gasteiger partial charge in [0.05, 0.1) is 0 Å². The Hall–Kier alpha value is -1.72. The Morgan fingerprint density at radius 2 is 2.16 bits per heavy atom. The van der Waals surface area contributed by atoms with Gasteiger partial charge in [0, 0.05) is 26.7 Å². The van der Waals surface area contributed by atoms with E-state index >= 15 is 0 Å². The van der Waals surface area contributed by atoms with Crippen molar-refractivity contribution in [2.24, 2.45) is 5.92 Å². The highest BCUT2D eigenvalue weighted by molar-refractivity contribution is 5.84. The second-order valence-corrected chi connectivity index (χ2v) is 7.20. The van der Waals surface area contributed by atoms with Gasteiger partial charge in [-0.2, -0.15) is 0 Å². The highest BCUT2D eigenvalue weighted by Gasteiger charge is 2.25. The standard InChI is InChI=1S/C20H28FN3O/c1-23(20(25)19-6-3-10-22-19)15-17-8-12-24(13-9-17)11-7-16-4-2-5-18(21)14-16/h2-6,14,17,19,22H,7-13,15H2,1H3. The van der Waals surface area contributed by atoms with Gasteiger partial charge in [0.25, 0.3) is 0 Å². The van der Waals surface area contributed by atoms with Crippen molar-refractivity contribution in [1.82, 2.24) is 15.1 Å². The van der Waals surface area contributed by atoms with E-state index < -0.39 is 0 Å². The molecule has 5 heteroatoms. The fourth-order valence-electron chi connectivity index (χ4n) is 3.72. The van der Waals surface area contributed by atoms with Crippen molar-refractivity contribution in [2.75, 3.05) is 39.8 Å². The Morgan fingerprint density at radius 3 is 2.84 bits per heavy atom. The molecule has 0 bridgehead atoms. The fraction of sp³-hybridized carbons (Fsp3) is 0.550. The SMILES string of the molecule is CN(CC1CCN(CCc2cccc(F)c2)CC1)C(=O)C1C=CCN1. The molecule has 1 N–H and O–H groups in total. The van der Waals surface area contributed by atoms with Gasteiger partial charge in [-0.3, -0.25) is 10.1 Å². The first kappa shape index (κ1) is 18.1. The van der Waals surface area contributed by atoms with Crippen LogP contribution in [0.3, 0.4) is 0 Å². The van der Waals surface area contributed by atoms with Gasteiger partial charge in [-0.25, -0.2) is 4.39 Å². The van der Waals surface area contributed by atoms with E-state index in [0.717, 1.165) is 57.5 Å². The first-order valence-corrected chi connectivity index (χ1v) is 9.23. The predicted molar refractivity (Wildman–Crippen MR) is 97.8 cm³/mol. The van der Waals surface area contributed by atoms with Crippen molar-refractivity contribution in [3.05, 3.63) is 47.8 Å². The molecule has 136 valence electrons. The lowest BCUT2D eigenvalue weighted by molar-refractivity contribution is -0.131. The summed E-state index contributed by atoms with van der Waals surface area (Å²) in [6, 6.07) is 6.74. The van der Waals surface area contributed by atoms with Crippen LogP contribution in [0, 0.1) is 11.7 Å². The lowest BCUT2D eigenvalue weighted by atomic mass is 9.95. The van der Waals surface area contributed by atoms with E-state index in [1.165, 1.54) is 6.07 Å². The maximum absolute atomic E-state index is 13.2. The summed E-state index contributed by atoms with van der Waals surface area (Å²) in [7, 11) is 1.91. The van der Waals surface area contributed by atoms with Crippen molar-refractivity contribution < 1.29 is 9.18 Å². The topological polar surface area (TPSA) is 35.6 Å². The molecule has 0 radical (unpaired) electrons. The van der Waals surface area contributed by atoms with Crippen LogP contribution in [0.2, 0.25) is 0 Å². The molecule has 1 saturated heterocycles. The first-order chi connectivity index (χ1) is 12.1. The van der Waals surface area contributed by atoms with E-state index in [9.17, 15) is 9.18 Å². The third-order valence-corrected chi connectivity index (χ3v) is 5.27. The average molecular weight is 345 g/mol. The summed E-state index contributed by atoms with van der Waals surface area (Å²) in [4.78, 5) is 16.7. The molecule has 1 aromatic carbocycles. The molecule has 2 aliphatic rings. The molecule has 1 aromatic rings. The molecule has 0 aliphatic carbocycles. The lowest BCUT2D eigenvalue weighted by Crippen LogP contribution is -2.45. The van der Waals surface area contributed by atoms with Gasteiger partial charge in [0.1, 0.15) is 11.9 Å². The van der Waals surface area contributed by atoms with Gasteiger partial charge in [-0.1, -0.05) is 24.3 Å². The highest BCUT2D eigenvalue weighted by atomic mass is 19.1. The van der Waals surface area contributed by atoms with Crippen LogP contribution < -0.4 is 5.32 Å². The average Bonchev–Trinajstić information content (AvgIpc) is 3.15. The number of carbonyl (C=O) groups is 1. The Kier molecular flexibility index (Phi) is 6.21. The number of hydrogen-bond acceptors (Lipinski definition) is 3. The molecule has 1 atom stereocenters. The Bertz CT molecular complexity index is 611. The maximum atomic E-state index is 13.2. The number of halogens is 1. The summed E-state index contributed by atoms with van der Waals surface area (Å²) < 4.78 is 13.2. The number of likely N-dealkylation sites (N-methyl/N-ethyl adjacent to an activating group) is 1. The van der Waals surface area contributed by atoms with Crippen molar-refractivity contribution in [3.8, 4) is 0 Å². The van der Waals surface area contributed by atoms with Gasteiger partial charge in [0.15, 0.2) is 0 Å². The third kappa shape index (κ3) is 5.13. The van der Waals surface area contributed by atoms with E-state index in [4.69, 9.17) is 0 Å². The molecule has 1 unspecified atom stereocenters. The molecular weight excluding hydrogens is 317 g/mol. The summed E-state index contributed by atoms with van der Waals surface area (Å²) in [5.41, 5.74) is 1.06. The van der Waals surface area contributed by atoms with E-state index in [1.807, 2.05) is 30.2 Å². The second-order valence-electron chi connectivity index (χ2n) is 7.20. The zero-order valence-corrected chi connectivity index (χ0v) is 15.0. The quantitative estimate of drug-likeness (QED) is 0.802. The monoisotopic (exact) mass is 345 g/mol. The van der Waals surface area contributed by atoms with Crippen LogP contribution in [0.25, 0.3) is 0 Å². The summed E-state index contributed by atoms with van der Waals surface area (Å²) >= 11 is 0. The van der Waals surface area contributed by atoms with Crippen LogP contribution >= 0.6 is 0 Å². The molecule has 25 heavy (non-hydrogen) atoms. The van der Waals surface area contributed by atoms with Crippen LogP contribution in [0.1, 0.15) is 18.4 Å². The zero-order valence-electron chi connectivity index (χ0n) is 15.0. The summed E-state index contributed by atoms with van der Waals surface area (Å²) in [6.45, 7) is 4.71. The number of amides is 1. The molecular formula is C20H28FN3O. The summed E-state index contributed by atoms with van der Waals surface area (Å²) in [5.74, 6) is 0.586. The fourth-order valence-corrected chi connectivity index (χ4v) is 3.72. The molecule has 0 aromatic heterocycles. The zero-order chi connectivity index (χ0) is 17.6. The number of benzene rings is 1. The van der Waals surface area contributed by atoms with Crippen LogP contribution in [-0.4, -0.2) is 61.5 Å². The Morgan fingerprint density at radius 1 is 1.36 bits per heavy atom. The van der Waals surface area contributed by atoms with Crippen LogP contribution in [-0.2, 0) is 11.2 Å². The first-order valence-electron chi connectivity index (χ1n) is 9.23. The number of hydrogen-bond donors (Lipinski definition) is 1. The molecule has 1 fully saturated rings. The van der Waals surface area contributed by atoms with Crippen molar-refractivity contribution >= 4 is 5.91 Å². The minimum atomic E-state index is -0.157. The number of nitrogens with one attached hydrogen (secondary N) is 1. The van der Waals surface area contributed by atoms with Gasteiger partial charge in [-0.05, 0) is 56.0 Å². The minimum Gasteiger partial charge on any atom is -0.344 e. The number of piperidine rings is 1. The van der Waals surface area contributed by atoms with E-state index in [-0.39, 0.29) is 17.8 Å². The molecule has 2 heterocycles.